The van der Waals surface area contributed by atoms with Gasteiger partial charge >= 0.3 is 5.97 Å². The molecule has 1 N–H and O–H groups in total. The fourth-order valence-electron chi connectivity index (χ4n) is 1.40. The van der Waals surface area contributed by atoms with Crippen molar-refractivity contribution in [3.8, 4) is 0 Å². The van der Waals surface area contributed by atoms with Gasteiger partial charge in [0.2, 0.25) is 0 Å². The minimum atomic E-state index is -0.869. The van der Waals surface area contributed by atoms with E-state index in [0.29, 0.717) is 12.0 Å². The fourth-order valence-corrected chi connectivity index (χ4v) is 1.84. The summed E-state index contributed by atoms with van der Waals surface area (Å²) < 4.78 is 14.1. The third-order valence-corrected chi connectivity index (χ3v) is 3.60. The quantitative estimate of drug-likeness (QED) is 0.919. The molecule has 0 saturated carbocycles. The molecule has 0 atom stereocenters. The fraction of sp³-hybridized carbons (Fsp3) is 0.364. The van der Waals surface area contributed by atoms with Gasteiger partial charge in [0.1, 0.15) is 5.82 Å². The molecule has 2 nitrogen and oxygen atoms in total. The second-order valence-corrected chi connectivity index (χ2v) is 4.27. The normalized spacial score (nSPS) is 10.4. The van der Waals surface area contributed by atoms with E-state index in [-0.39, 0.29) is 12.2 Å². The molecule has 82 valence electrons. The predicted molar refractivity (Wildman–Crippen MR) is 59.5 cm³/mol. The van der Waals surface area contributed by atoms with Crippen LogP contribution in [0, 0.1) is 19.7 Å². The standard InChI is InChI=1S/C11H12BrFO2/c1-6-8(3-4-10(14)15)5-9(13)7(2)11(6)12/h5H,3-4H2,1-2H3,(H,14,15). The molecule has 0 radical (unpaired) electrons. The zero-order valence-corrected chi connectivity index (χ0v) is 10.2. The number of hydrogen-bond acceptors (Lipinski definition) is 1. The number of halogens is 2. The lowest BCUT2D eigenvalue weighted by Gasteiger charge is -2.10. The molecule has 0 aliphatic carbocycles. The largest absolute Gasteiger partial charge is 0.481 e. The van der Waals surface area contributed by atoms with E-state index in [1.807, 2.05) is 6.92 Å². The van der Waals surface area contributed by atoms with Crippen molar-refractivity contribution < 1.29 is 14.3 Å². The molecule has 0 spiro atoms. The Hall–Kier alpha value is -0.900. The summed E-state index contributed by atoms with van der Waals surface area (Å²) in [5, 5.41) is 8.55. The molecule has 1 aromatic carbocycles. The molecule has 0 bridgehead atoms. The number of aliphatic carboxylic acids is 1. The van der Waals surface area contributed by atoms with E-state index >= 15 is 0 Å². The lowest BCUT2D eigenvalue weighted by molar-refractivity contribution is -0.136. The maximum absolute atomic E-state index is 13.4. The van der Waals surface area contributed by atoms with Crippen molar-refractivity contribution in [1.29, 1.82) is 0 Å². The first kappa shape index (κ1) is 12.2. The molecule has 4 heteroatoms. The average molecular weight is 275 g/mol. The van der Waals surface area contributed by atoms with Crippen LogP contribution in [0.5, 0.6) is 0 Å². The highest BCUT2D eigenvalue weighted by atomic mass is 79.9. The summed E-state index contributed by atoms with van der Waals surface area (Å²) in [6.07, 6.45) is 0.382. The Labute approximate surface area is 96.2 Å². The molecule has 0 unspecified atom stereocenters. The molecular formula is C11H12BrFO2. The summed E-state index contributed by atoms with van der Waals surface area (Å²) in [4.78, 5) is 10.4. The van der Waals surface area contributed by atoms with E-state index in [9.17, 15) is 9.18 Å². The van der Waals surface area contributed by atoms with Gasteiger partial charge in [0.05, 0.1) is 0 Å². The van der Waals surface area contributed by atoms with E-state index in [2.05, 4.69) is 15.9 Å². The summed E-state index contributed by atoms with van der Waals surface area (Å²) in [5.74, 6) is -1.17. The number of carboxylic acid groups (broad SMARTS) is 1. The van der Waals surface area contributed by atoms with Gasteiger partial charge in [-0.05, 0) is 43.0 Å². The smallest absolute Gasteiger partial charge is 0.303 e. The third-order valence-electron chi connectivity index (χ3n) is 2.41. The zero-order valence-electron chi connectivity index (χ0n) is 8.60. The maximum Gasteiger partial charge on any atom is 0.303 e. The number of rotatable bonds is 3. The monoisotopic (exact) mass is 274 g/mol. The predicted octanol–water partition coefficient (Wildman–Crippen LogP) is 3.22. The van der Waals surface area contributed by atoms with Crippen molar-refractivity contribution in [1.82, 2.24) is 0 Å². The Bertz CT molecular complexity index is 402. The van der Waals surface area contributed by atoms with E-state index in [1.165, 1.54) is 6.07 Å². The first-order chi connectivity index (χ1) is 6.93. The summed E-state index contributed by atoms with van der Waals surface area (Å²) in [6.45, 7) is 3.54. The SMILES string of the molecule is Cc1c(F)cc(CCC(=O)O)c(C)c1Br. The molecule has 0 aromatic heterocycles. The van der Waals surface area contributed by atoms with Crippen molar-refractivity contribution in [3.63, 3.8) is 0 Å². The van der Waals surface area contributed by atoms with Crippen LogP contribution in [0.15, 0.2) is 10.5 Å². The number of aryl methyl sites for hydroxylation is 1. The Balaban J connectivity index is 3.04. The molecule has 0 amide bonds. The van der Waals surface area contributed by atoms with Gasteiger partial charge in [0, 0.05) is 10.9 Å². The molecule has 1 rings (SSSR count). The van der Waals surface area contributed by atoms with Crippen molar-refractivity contribution in [3.05, 3.63) is 33.0 Å². The number of carbonyl (C=O) groups is 1. The van der Waals surface area contributed by atoms with Crippen molar-refractivity contribution in [2.24, 2.45) is 0 Å². The van der Waals surface area contributed by atoms with Crippen LogP contribution in [0.25, 0.3) is 0 Å². The first-order valence-corrected chi connectivity index (χ1v) is 5.38. The van der Waals surface area contributed by atoms with Gasteiger partial charge in [-0.25, -0.2) is 4.39 Å². The zero-order chi connectivity index (χ0) is 11.6. The Morgan fingerprint density at radius 1 is 1.47 bits per heavy atom. The van der Waals surface area contributed by atoms with Crippen molar-refractivity contribution >= 4 is 21.9 Å². The van der Waals surface area contributed by atoms with E-state index in [4.69, 9.17) is 5.11 Å². The molecular weight excluding hydrogens is 263 g/mol. The van der Waals surface area contributed by atoms with Gasteiger partial charge in [-0.3, -0.25) is 4.79 Å². The Kier molecular flexibility index (Phi) is 3.85. The highest BCUT2D eigenvalue weighted by Crippen LogP contribution is 2.27. The van der Waals surface area contributed by atoms with E-state index in [0.717, 1.165) is 15.6 Å². The minimum absolute atomic E-state index is 0.0236. The molecule has 0 heterocycles. The highest BCUT2D eigenvalue weighted by Gasteiger charge is 2.11. The summed E-state index contributed by atoms with van der Waals surface area (Å²) >= 11 is 3.30. The van der Waals surface area contributed by atoms with Crippen LogP contribution in [0.3, 0.4) is 0 Å². The van der Waals surface area contributed by atoms with Crippen LogP contribution < -0.4 is 0 Å². The van der Waals surface area contributed by atoms with Crippen LogP contribution in [-0.2, 0) is 11.2 Å². The Morgan fingerprint density at radius 2 is 2.07 bits per heavy atom. The maximum atomic E-state index is 13.4. The number of benzene rings is 1. The molecule has 1 aromatic rings. The first-order valence-electron chi connectivity index (χ1n) is 4.59. The second-order valence-electron chi connectivity index (χ2n) is 3.48. The average Bonchev–Trinajstić information content (AvgIpc) is 2.18. The number of carboxylic acids is 1. The van der Waals surface area contributed by atoms with Gasteiger partial charge < -0.3 is 5.11 Å². The second kappa shape index (κ2) is 4.75. The minimum Gasteiger partial charge on any atom is -0.481 e. The summed E-state index contributed by atoms with van der Waals surface area (Å²) in [7, 11) is 0. The summed E-state index contributed by atoms with van der Waals surface area (Å²) in [6, 6.07) is 1.42. The number of hydrogen-bond donors (Lipinski definition) is 1. The Morgan fingerprint density at radius 3 is 2.60 bits per heavy atom. The van der Waals surface area contributed by atoms with Crippen molar-refractivity contribution in [2.45, 2.75) is 26.7 Å². The topological polar surface area (TPSA) is 37.3 Å². The van der Waals surface area contributed by atoms with Gasteiger partial charge in [0.25, 0.3) is 0 Å². The highest BCUT2D eigenvalue weighted by molar-refractivity contribution is 9.10. The van der Waals surface area contributed by atoms with Gasteiger partial charge in [-0.15, -0.1) is 0 Å². The van der Waals surface area contributed by atoms with E-state index < -0.39 is 5.97 Å². The van der Waals surface area contributed by atoms with Gasteiger partial charge in [-0.1, -0.05) is 15.9 Å². The third kappa shape index (κ3) is 2.78. The summed E-state index contributed by atoms with van der Waals surface area (Å²) in [5.41, 5.74) is 2.22. The van der Waals surface area contributed by atoms with E-state index in [1.54, 1.807) is 6.92 Å². The van der Waals surface area contributed by atoms with Crippen LogP contribution >= 0.6 is 15.9 Å². The lowest BCUT2D eigenvalue weighted by atomic mass is 10.0. The van der Waals surface area contributed by atoms with Crippen LogP contribution in [0.1, 0.15) is 23.1 Å². The van der Waals surface area contributed by atoms with Gasteiger partial charge in [-0.2, -0.15) is 0 Å². The van der Waals surface area contributed by atoms with Gasteiger partial charge in [0.15, 0.2) is 0 Å². The van der Waals surface area contributed by atoms with Crippen molar-refractivity contribution in [2.75, 3.05) is 0 Å². The van der Waals surface area contributed by atoms with Crippen LogP contribution in [-0.4, -0.2) is 11.1 Å². The molecule has 0 saturated heterocycles. The van der Waals surface area contributed by atoms with Crippen LogP contribution in [0.4, 0.5) is 4.39 Å². The molecule has 0 aliphatic heterocycles. The molecule has 15 heavy (non-hydrogen) atoms. The van der Waals surface area contributed by atoms with Crippen LogP contribution in [0.2, 0.25) is 0 Å². The molecule has 0 fully saturated rings. The molecule has 0 aliphatic rings. The lowest BCUT2D eigenvalue weighted by Crippen LogP contribution is -2.01.